The first-order valence-corrected chi connectivity index (χ1v) is 17.8. The number of carboxylic acid groups (broad SMARTS) is 1. The molecular weight excluding hydrogens is 649 g/mol. The number of amides is 1. The summed E-state index contributed by atoms with van der Waals surface area (Å²) < 4.78 is 52.8. The van der Waals surface area contributed by atoms with Crippen LogP contribution in [0.15, 0.2) is 42.5 Å². The van der Waals surface area contributed by atoms with E-state index in [1.807, 2.05) is 34.1 Å². The minimum absolute atomic E-state index is 0.0271. The molecular formula is C38H47F3N4O5. The zero-order valence-corrected chi connectivity index (χ0v) is 28.8. The smallest absolute Gasteiger partial charge is 0.416 e. The Morgan fingerprint density at radius 2 is 1.66 bits per heavy atom. The van der Waals surface area contributed by atoms with Crippen LogP contribution in [0.3, 0.4) is 0 Å². The van der Waals surface area contributed by atoms with Gasteiger partial charge in [-0.1, -0.05) is 18.2 Å². The summed E-state index contributed by atoms with van der Waals surface area (Å²) in [6, 6.07) is 14.2. The van der Waals surface area contributed by atoms with Gasteiger partial charge in [0.2, 0.25) is 5.91 Å². The van der Waals surface area contributed by atoms with Crippen LogP contribution in [0.2, 0.25) is 0 Å². The summed E-state index contributed by atoms with van der Waals surface area (Å²) in [4.78, 5) is 32.6. The van der Waals surface area contributed by atoms with Gasteiger partial charge in [-0.2, -0.15) is 18.4 Å². The molecule has 6 rings (SSSR count). The predicted molar refractivity (Wildman–Crippen MR) is 181 cm³/mol. The Morgan fingerprint density at radius 3 is 2.26 bits per heavy atom. The lowest BCUT2D eigenvalue weighted by Crippen LogP contribution is -2.44. The predicted octanol–water partition coefficient (Wildman–Crippen LogP) is 6.14. The average Bonchev–Trinajstić information content (AvgIpc) is 3.76. The standard InChI is InChI=1S/C38H47F3N4O5/c1-49-23-30-17-27(32-12-7-28(38(39,40)41)18-35(32)43-15-13-26(14-16-43)37(47)48)20-45(30)36(46)34-22-44(29-8-3-24(19-42)4-9-29)21-33(34)25-5-10-31(50-2)11-6-25/h5-7,10-12,18,24,26-27,29-30,33-34H,3-4,8-9,13-17,20-23H2,1-2H3,(H,47,48)/t24-,27-,29-,30+,33+,34-/m1/s1. The highest BCUT2D eigenvalue weighted by Crippen LogP contribution is 2.44. The lowest BCUT2D eigenvalue weighted by atomic mass is 9.86. The van der Waals surface area contributed by atoms with Crippen molar-refractivity contribution in [3.63, 3.8) is 0 Å². The number of nitriles is 1. The van der Waals surface area contributed by atoms with E-state index in [1.165, 1.54) is 6.07 Å². The van der Waals surface area contributed by atoms with Crippen LogP contribution in [0, 0.1) is 29.1 Å². The van der Waals surface area contributed by atoms with Gasteiger partial charge in [0.25, 0.3) is 0 Å². The molecule has 4 atom stereocenters. The Morgan fingerprint density at radius 1 is 0.960 bits per heavy atom. The third-order valence-electron chi connectivity index (χ3n) is 11.6. The molecule has 0 unspecified atom stereocenters. The first-order chi connectivity index (χ1) is 24.0. The monoisotopic (exact) mass is 696 g/mol. The summed E-state index contributed by atoms with van der Waals surface area (Å²) in [5.41, 5.74) is 1.53. The second kappa shape index (κ2) is 15.2. The maximum atomic E-state index is 14.8. The van der Waals surface area contributed by atoms with Crippen molar-refractivity contribution in [3.05, 3.63) is 59.2 Å². The van der Waals surface area contributed by atoms with Crippen LogP contribution in [-0.4, -0.2) is 92.4 Å². The SMILES string of the molecule is COC[C@@H]1C[C@@H](c2ccc(C(F)(F)F)cc2N2CCC(C(=O)O)CC2)CN1C(=O)[C@@H]1CN([C@H]2CC[C@H](C#N)CC2)C[C@H]1c1ccc(OC)cc1. The Labute approximate surface area is 291 Å². The molecule has 4 fully saturated rings. The summed E-state index contributed by atoms with van der Waals surface area (Å²) in [6.07, 6.45) is 0.297. The molecule has 2 aromatic carbocycles. The summed E-state index contributed by atoms with van der Waals surface area (Å²) in [5.74, 6) is -1.14. The van der Waals surface area contributed by atoms with Crippen LogP contribution < -0.4 is 9.64 Å². The number of aliphatic carboxylic acids is 1. The van der Waals surface area contributed by atoms with E-state index in [4.69, 9.17) is 9.47 Å². The molecule has 4 aliphatic rings. The molecule has 2 aromatic rings. The molecule has 50 heavy (non-hydrogen) atoms. The number of benzene rings is 2. The number of ether oxygens (including phenoxy) is 2. The molecule has 270 valence electrons. The molecule has 0 radical (unpaired) electrons. The number of nitrogens with zero attached hydrogens (tertiary/aromatic N) is 4. The summed E-state index contributed by atoms with van der Waals surface area (Å²) >= 11 is 0. The van der Waals surface area contributed by atoms with Crippen LogP contribution >= 0.6 is 0 Å². The van der Waals surface area contributed by atoms with Crippen molar-refractivity contribution in [3.8, 4) is 11.8 Å². The van der Waals surface area contributed by atoms with Gasteiger partial charge in [-0.25, -0.2) is 0 Å². The van der Waals surface area contributed by atoms with Crippen molar-refractivity contribution in [1.29, 1.82) is 5.26 Å². The zero-order chi connectivity index (χ0) is 35.6. The van der Waals surface area contributed by atoms with Gasteiger partial charge in [0.15, 0.2) is 0 Å². The van der Waals surface area contributed by atoms with Crippen LogP contribution in [0.25, 0.3) is 0 Å². The molecule has 1 saturated carbocycles. The highest BCUT2D eigenvalue weighted by molar-refractivity contribution is 5.82. The van der Waals surface area contributed by atoms with E-state index in [9.17, 15) is 33.1 Å². The number of alkyl halides is 3. The number of hydrogen-bond acceptors (Lipinski definition) is 7. The molecule has 1 N–H and O–H groups in total. The van der Waals surface area contributed by atoms with Gasteiger partial charge in [0.1, 0.15) is 5.75 Å². The summed E-state index contributed by atoms with van der Waals surface area (Å²) in [5, 5.41) is 19.0. The van der Waals surface area contributed by atoms with E-state index in [1.54, 1.807) is 20.3 Å². The number of anilines is 1. The van der Waals surface area contributed by atoms with Gasteiger partial charge >= 0.3 is 12.1 Å². The maximum Gasteiger partial charge on any atom is 0.416 e. The van der Waals surface area contributed by atoms with Crippen molar-refractivity contribution >= 4 is 17.6 Å². The maximum absolute atomic E-state index is 14.8. The molecule has 3 heterocycles. The Bertz CT molecular complexity index is 1550. The van der Waals surface area contributed by atoms with E-state index in [-0.39, 0.29) is 35.6 Å². The molecule has 0 bridgehead atoms. The molecule has 3 saturated heterocycles. The van der Waals surface area contributed by atoms with E-state index >= 15 is 0 Å². The van der Waals surface area contributed by atoms with E-state index < -0.39 is 23.6 Å². The zero-order valence-electron chi connectivity index (χ0n) is 28.8. The molecule has 0 spiro atoms. The van der Waals surface area contributed by atoms with Crippen molar-refractivity contribution in [2.75, 3.05) is 58.5 Å². The molecule has 3 aliphatic heterocycles. The first kappa shape index (κ1) is 36.0. The third kappa shape index (κ3) is 7.59. The summed E-state index contributed by atoms with van der Waals surface area (Å²) in [7, 11) is 3.22. The van der Waals surface area contributed by atoms with Crippen molar-refractivity contribution in [2.45, 2.75) is 75.0 Å². The lowest BCUT2D eigenvalue weighted by Gasteiger charge is -2.35. The second-order valence-electron chi connectivity index (χ2n) is 14.5. The number of likely N-dealkylation sites (tertiary alicyclic amines) is 2. The first-order valence-electron chi connectivity index (χ1n) is 17.8. The number of halogens is 3. The van der Waals surface area contributed by atoms with Crippen molar-refractivity contribution < 1.29 is 37.3 Å². The Kier molecular flexibility index (Phi) is 10.9. The average molecular weight is 697 g/mol. The molecule has 12 heteroatoms. The second-order valence-corrected chi connectivity index (χ2v) is 14.5. The van der Waals surface area contributed by atoms with Crippen LogP contribution in [0.5, 0.6) is 5.75 Å². The number of carbonyl (C=O) groups is 2. The van der Waals surface area contributed by atoms with Gasteiger partial charge in [0, 0.05) is 69.3 Å². The molecule has 1 aliphatic carbocycles. The van der Waals surface area contributed by atoms with Gasteiger partial charge in [-0.05, 0) is 80.3 Å². The number of methoxy groups -OCH3 is 2. The van der Waals surface area contributed by atoms with E-state index in [0.29, 0.717) is 63.8 Å². The fraction of sp³-hybridized carbons (Fsp3) is 0.605. The van der Waals surface area contributed by atoms with Crippen molar-refractivity contribution in [1.82, 2.24) is 9.80 Å². The summed E-state index contributed by atoms with van der Waals surface area (Å²) in [6.45, 7) is 2.69. The van der Waals surface area contributed by atoms with Crippen molar-refractivity contribution in [2.24, 2.45) is 17.8 Å². The number of piperidine rings is 1. The lowest BCUT2D eigenvalue weighted by molar-refractivity contribution is -0.142. The fourth-order valence-corrected chi connectivity index (χ4v) is 8.82. The van der Waals surface area contributed by atoms with Crippen LogP contribution in [0.4, 0.5) is 18.9 Å². The fourth-order valence-electron chi connectivity index (χ4n) is 8.82. The highest BCUT2D eigenvalue weighted by Gasteiger charge is 2.47. The number of hydrogen-bond donors (Lipinski definition) is 1. The van der Waals surface area contributed by atoms with Gasteiger partial charge in [-0.3, -0.25) is 14.5 Å². The normalized spacial score (nSPS) is 28.1. The third-order valence-corrected chi connectivity index (χ3v) is 11.6. The Hall–Kier alpha value is -3.82. The van der Waals surface area contributed by atoms with Crippen LogP contribution in [-0.2, 0) is 20.5 Å². The van der Waals surface area contributed by atoms with E-state index in [0.717, 1.165) is 55.2 Å². The highest BCUT2D eigenvalue weighted by atomic mass is 19.4. The topological polar surface area (TPSA) is 106 Å². The van der Waals surface area contributed by atoms with E-state index in [2.05, 4.69) is 11.0 Å². The molecule has 1 amide bonds. The molecule has 0 aromatic heterocycles. The minimum Gasteiger partial charge on any atom is -0.497 e. The molecule has 9 nitrogen and oxygen atoms in total. The number of carboxylic acids is 1. The minimum atomic E-state index is -4.53. The largest absolute Gasteiger partial charge is 0.497 e. The number of rotatable bonds is 9. The van der Waals surface area contributed by atoms with Gasteiger partial charge in [0.05, 0.1) is 43.2 Å². The van der Waals surface area contributed by atoms with Gasteiger partial charge in [-0.15, -0.1) is 0 Å². The Balaban J connectivity index is 1.28. The quantitative estimate of drug-likeness (QED) is 0.333. The van der Waals surface area contributed by atoms with Gasteiger partial charge < -0.3 is 24.4 Å². The number of carbonyl (C=O) groups excluding carboxylic acids is 1. The van der Waals surface area contributed by atoms with Crippen LogP contribution in [0.1, 0.15) is 73.5 Å².